The van der Waals surface area contributed by atoms with Crippen LogP contribution in [0.1, 0.15) is 24.5 Å². The molecule has 35 heavy (non-hydrogen) atoms. The molecule has 2 aliphatic heterocycles. The number of rotatable bonds is 6. The number of anilines is 1. The van der Waals surface area contributed by atoms with E-state index in [4.69, 9.17) is 25.8 Å². The topological polar surface area (TPSA) is 94.2 Å². The Labute approximate surface area is 208 Å². The molecule has 1 unspecified atom stereocenters. The van der Waals surface area contributed by atoms with Crippen molar-refractivity contribution in [3.05, 3.63) is 76.8 Å². The lowest BCUT2D eigenvalue weighted by Crippen LogP contribution is -2.38. The molecule has 0 aliphatic carbocycles. The quantitative estimate of drug-likeness (QED) is 0.518. The number of fused-ring (bicyclic) bond motifs is 2. The Morgan fingerprint density at radius 1 is 1.03 bits per heavy atom. The zero-order valence-electron chi connectivity index (χ0n) is 18.9. The lowest BCUT2D eigenvalue weighted by molar-refractivity contribution is -0.139. The maximum Gasteiger partial charge on any atom is 0.264 e. The van der Waals surface area contributed by atoms with Gasteiger partial charge in [-0.3, -0.25) is 9.52 Å². The highest BCUT2D eigenvalue weighted by Gasteiger charge is 2.30. The van der Waals surface area contributed by atoms with Crippen LogP contribution in [0.5, 0.6) is 17.2 Å². The predicted molar refractivity (Wildman–Crippen MR) is 130 cm³/mol. The highest BCUT2D eigenvalue weighted by atomic mass is 35.5. The molecule has 3 aromatic rings. The summed E-state index contributed by atoms with van der Waals surface area (Å²) >= 11 is 5.96. The first kappa shape index (κ1) is 23.3. The van der Waals surface area contributed by atoms with Crippen LogP contribution in [0.15, 0.2) is 65.6 Å². The van der Waals surface area contributed by atoms with E-state index in [1.54, 1.807) is 35.2 Å². The molecule has 0 spiro atoms. The van der Waals surface area contributed by atoms with Gasteiger partial charge < -0.3 is 19.1 Å². The highest BCUT2D eigenvalue weighted by Crippen LogP contribution is 2.34. The van der Waals surface area contributed by atoms with Gasteiger partial charge in [-0.1, -0.05) is 30.7 Å². The van der Waals surface area contributed by atoms with Crippen LogP contribution in [0.4, 0.5) is 5.69 Å². The van der Waals surface area contributed by atoms with Crippen molar-refractivity contribution in [1.82, 2.24) is 4.90 Å². The summed E-state index contributed by atoms with van der Waals surface area (Å²) in [6.45, 7) is 2.66. The summed E-state index contributed by atoms with van der Waals surface area (Å²) in [4.78, 5) is 15.0. The molecular weight excluding hydrogens is 492 g/mol. The number of nitrogens with zero attached hydrogens (tertiary/aromatic N) is 1. The van der Waals surface area contributed by atoms with Crippen molar-refractivity contribution in [3.63, 3.8) is 0 Å². The van der Waals surface area contributed by atoms with E-state index in [2.05, 4.69) is 4.72 Å². The molecule has 0 bridgehead atoms. The second-order valence-electron chi connectivity index (χ2n) is 8.28. The van der Waals surface area contributed by atoms with Crippen LogP contribution in [0.3, 0.4) is 0 Å². The Balaban J connectivity index is 1.42. The number of halogens is 1. The molecule has 0 saturated heterocycles. The summed E-state index contributed by atoms with van der Waals surface area (Å²) in [5.74, 6) is 1.73. The van der Waals surface area contributed by atoms with E-state index in [-0.39, 0.29) is 24.1 Å². The predicted octanol–water partition coefficient (Wildman–Crippen LogP) is 4.57. The minimum Gasteiger partial charge on any atom is -0.480 e. The number of carbonyl (C=O) groups is 1. The highest BCUT2D eigenvalue weighted by molar-refractivity contribution is 7.92. The first-order valence-electron chi connectivity index (χ1n) is 11.1. The van der Waals surface area contributed by atoms with Gasteiger partial charge in [-0.25, -0.2) is 8.42 Å². The van der Waals surface area contributed by atoms with Crippen LogP contribution in [0, 0.1) is 0 Å². The average Bonchev–Trinajstić information content (AvgIpc) is 3.25. The maximum absolute atomic E-state index is 13.2. The van der Waals surface area contributed by atoms with Gasteiger partial charge in [0.05, 0.1) is 4.90 Å². The third-order valence-electron chi connectivity index (χ3n) is 5.82. The second kappa shape index (κ2) is 9.31. The molecule has 0 radical (unpaired) electrons. The van der Waals surface area contributed by atoms with Crippen LogP contribution in [-0.2, 0) is 27.9 Å². The van der Waals surface area contributed by atoms with E-state index >= 15 is 0 Å². The van der Waals surface area contributed by atoms with Gasteiger partial charge >= 0.3 is 0 Å². The van der Waals surface area contributed by atoms with Gasteiger partial charge in [0.15, 0.2) is 17.6 Å². The van der Waals surface area contributed by atoms with E-state index in [0.29, 0.717) is 46.5 Å². The van der Waals surface area contributed by atoms with Crippen molar-refractivity contribution in [2.24, 2.45) is 0 Å². The van der Waals surface area contributed by atoms with E-state index in [1.165, 1.54) is 12.1 Å². The van der Waals surface area contributed by atoms with Crippen molar-refractivity contribution in [1.29, 1.82) is 0 Å². The third kappa shape index (κ3) is 4.87. The Kier molecular flexibility index (Phi) is 6.21. The summed E-state index contributed by atoms with van der Waals surface area (Å²) in [6, 6.07) is 16.6. The number of ether oxygens (including phenoxy) is 3. The normalized spacial score (nSPS) is 16.9. The first-order chi connectivity index (χ1) is 16.8. The van der Waals surface area contributed by atoms with Crippen molar-refractivity contribution < 1.29 is 27.4 Å². The molecule has 3 aromatic carbocycles. The van der Waals surface area contributed by atoms with E-state index in [9.17, 15) is 13.2 Å². The maximum atomic E-state index is 13.2. The smallest absolute Gasteiger partial charge is 0.264 e. The number of hydrogen-bond donors (Lipinski definition) is 1. The first-order valence-corrected chi connectivity index (χ1v) is 12.9. The van der Waals surface area contributed by atoms with Gasteiger partial charge in [0, 0.05) is 29.4 Å². The largest absolute Gasteiger partial charge is 0.480 e. The lowest BCUT2D eigenvalue weighted by Gasteiger charge is -2.23. The summed E-state index contributed by atoms with van der Waals surface area (Å²) in [6.07, 6.45) is -0.141. The third-order valence-corrected chi connectivity index (χ3v) is 7.43. The van der Waals surface area contributed by atoms with E-state index in [1.807, 2.05) is 25.1 Å². The van der Waals surface area contributed by atoms with Crippen molar-refractivity contribution in [2.45, 2.75) is 37.4 Å². The zero-order chi connectivity index (χ0) is 24.6. The van der Waals surface area contributed by atoms with Gasteiger partial charge in [0.25, 0.3) is 15.9 Å². The number of benzene rings is 3. The fourth-order valence-corrected chi connectivity index (χ4v) is 5.42. The Morgan fingerprint density at radius 3 is 2.63 bits per heavy atom. The fourth-order valence-electron chi connectivity index (χ4n) is 4.07. The summed E-state index contributed by atoms with van der Waals surface area (Å²) in [7, 11) is -3.85. The standard InChI is InChI=1S/C25H23ClN2O6S/c1-2-21-25(29)28(13-16-6-8-23-24(10-16)33-15-32-23)14-17-11-19(7-9-22(17)34-21)27-35(30,31)20-5-3-4-18(26)12-20/h3-12,21,27H,2,13-15H2,1H3. The molecule has 0 saturated carbocycles. The molecule has 8 nitrogen and oxygen atoms in total. The van der Waals surface area contributed by atoms with Crippen molar-refractivity contribution >= 4 is 33.2 Å². The summed E-state index contributed by atoms with van der Waals surface area (Å²) < 4.78 is 45.1. The van der Waals surface area contributed by atoms with Gasteiger partial charge in [0.2, 0.25) is 6.79 Å². The van der Waals surface area contributed by atoms with Crippen LogP contribution in [-0.4, -0.2) is 32.1 Å². The molecule has 2 heterocycles. The molecule has 1 amide bonds. The Morgan fingerprint density at radius 2 is 1.83 bits per heavy atom. The van der Waals surface area contributed by atoms with Crippen LogP contribution >= 0.6 is 11.6 Å². The minimum absolute atomic E-state index is 0.0573. The molecule has 0 aromatic heterocycles. The molecule has 1 atom stereocenters. The van der Waals surface area contributed by atoms with Crippen LogP contribution in [0.2, 0.25) is 5.02 Å². The van der Waals surface area contributed by atoms with Crippen molar-refractivity contribution in [3.8, 4) is 17.2 Å². The van der Waals surface area contributed by atoms with Crippen LogP contribution < -0.4 is 18.9 Å². The van der Waals surface area contributed by atoms with E-state index in [0.717, 1.165) is 5.56 Å². The lowest BCUT2D eigenvalue weighted by atomic mass is 10.1. The molecular formula is C25H23ClN2O6S. The number of hydrogen-bond acceptors (Lipinski definition) is 6. The van der Waals surface area contributed by atoms with Crippen molar-refractivity contribution in [2.75, 3.05) is 11.5 Å². The zero-order valence-corrected chi connectivity index (χ0v) is 20.4. The molecule has 10 heteroatoms. The molecule has 0 fully saturated rings. The molecule has 1 N–H and O–H groups in total. The molecule has 182 valence electrons. The Bertz CT molecular complexity index is 1390. The monoisotopic (exact) mass is 514 g/mol. The molecule has 2 aliphatic rings. The minimum atomic E-state index is -3.85. The number of nitrogens with one attached hydrogen (secondary N) is 1. The number of amides is 1. The summed E-state index contributed by atoms with van der Waals surface area (Å²) in [5.41, 5.74) is 1.94. The Hall–Kier alpha value is -3.43. The van der Waals surface area contributed by atoms with Gasteiger partial charge in [-0.15, -0.1) is 0 Å². The second-order valence-corrected chi connectivity index (χ2v) is 10.4. The molecule has 5 rings (SSSR count). The van der Waals surface area contributed by atoms with Gasteiger partial charge in [-0.05, 0) is 60.5 Å². The fraction of sp³-hybridized carbons (Fsp3) is 0.240. The summed E-state index contributed by atoms with van der Waals surface area (Å²) in [5, 5.41) is 0.325. The SMILES string of the molecule is CCC1Oc2ccc(NS(=O)(=O)c3cccc(Cl)c3)cc2CN(Cc2ccc3c(c2)OCO3)C1=O. The van der Waals surface area contributed by atoms with Crippen LogP contribution in [0.25, 0.3) is 0 Å². The number of carbonyl (C=O) groups excluding carboxylic acids is 1. The van der Waals surface area contributed by atoms with Gasteiger partial charge in [0.1, 0.15) is 5.75 Å². The van der Waals surface area contributed by atoms with Gasteiger partial charge in [-0.2, -0.15) is 0 Å². The number of sulfonamides is 1. The van der Waals surface area contributed by atoms with E-state index < -0.39 is 16.1 Å². The average molecular weight is 515 g/mol.